The average molecular weight is 427 g/mol. The smallest absolute Gasteiger partial charge is 0.263 e. The fourth-order valence-electron chi connectivity index (χ4n) is 4.28. The SMILES string of the molecule is O=C(N(Cc1ccnc2ccccc12)N1CCCCC1Cc1ccccc1)C(F)(F)F. The molecule has 2 aromatic carbocycles. The van der Waals surface area contributed by atoms with Gasteiger partial charge in [-0.2, -0.15) is 13.2 Å². The van der Waals surface area contributed by atoms with E-state index in [9.17, 15) is 18.0 Å². The Hall–Kier alpha value is -2.93. The summed E-state index contributed by atoms with van der Waals surface area (Å²) < 4.78 is 40.8. The summed E-state index contributed by atoms with van der Waals surface area (Å²) in [5, 5.41) is 3.30. The van der Waals surface area contributed by atoms with Crippen LogP contribution < -0.4 is 0 Å². The van der Waals surface area contributed by atoms with E-state index < -0.39 is 12.1 Å². The van der Waals surface area contributed by atoms with E-state index >= 15 is 0 Å². The van der Waals surface area contributed by atoms with Crippen molar-refractivity contribution in [3.8, 4) is 0 Å². The molecule has 3 aromatic rings. The zero-order valence-electron chi connectivity index (χ0n) is 17.1. The zero-order chi connectivity index (χ0) is 21.8. The first-order chi connectivity index (χ1) is 14.9. The first-order valence-electron chi connectivity index (χ1n) is 10.5. The number of carbonyl (C=O) groups excluding carboxylic acids is 1. The van der Waals surface area contributed by atoms with Crippen LogP contribution in [0.1, 0.15) is 30.4 Å². The topological polar surface area (TPSA) is 36.4 Å². The van der Waals surface area contributed by atoms with Gasteiger partial charge in [-0.05, 0) is 42.5 Å². The standard InChI is InChI=1S/C24H24F3N3O/c25-24(26,27)23(31)30(17-19-13-14-28-22-12-5-4-11-21(19)22)29-15-7-6-10-20(29)16-18-8-2-1-3-9-18/h1-5,8-9,11-14,20H,6-7,10,15-17H2. The molecule has 2 heterocycles. The number of nitrogens with zero attached hydrogens (tertiary/aromatic N) is 3. The van der Waals surface area contributed by atoms with Gasteiger partial charge in [-0.1, -0.05) is 55.0 Å². The lowest BCUT2D eigenvalue weighted by Gasteiger charge is -2.43. The van der Waals surface area contributed by atoms with Crippen molar-refractivity contribution >= 4 is 16.8 Å². The third kappa shape index (κ3) is 4.88. The zero-order valence-corrected chi connectivity index (χ0v) is 17.1. The van der Waals surface area contributed by atoms with Crippen molar-refractivity contribution in [2.24, 2.45) is 0 Å². The maximum atomic E-state index is 13.6. The van der Waals surface area contributed by atoms with Crippen LogP contribution in [0.3, 0.4) is 0 Å². The molecule has 4 rings (SSSR count). The van der Waals surface area contributed by atoms with Gasteiger partial charge in [-0.3, -0.25) is 14.8 Å². The van der Waals surface area contributed by atoms with Crippen molar-refractivity contribution in [1.29, 1.82) is 0 Å². The van der Waals surface area contributed by atoms with E-state index in [1.54, 1.807) is 17.3 Å². The van der Waals surface area contributed by atoms with E-state index in [1.165, 1.54) is 0 Å². The molecule has 0 saturated carbocycles. The third-order valence-electron chi connectivity index (χ3n) is 5.76. The molecule has 1 amide bonds. The lowest BCUT2D eigenvalue weighted by Crippen LogP contribution is -2.57. The highest BCUT2D eigenvalue weighted by Gasteiger charge is 2.46. The summed E-state index contributed by atoms with van der Waals surface area (Å²) in [5.41, 5.74) is 2.39. The molecule has 1 aromatic heterocycles. The Morgan fingerprint density at radius 3 is 2.55 bits per heavy atom. The molecule has 1 unspecified atom stereocenters. The number of hydrazine groups is 1. The monoisotopic (exact) mass is 427 g/mol. The van der Waals surface area contributed by atoms with Gasteiger partial charge in [0.05, 0.1) is 12.1 Å². The normalized spacial score (nSPS) is 17.6. The second-order valence-electron chi connectivity index (χ2n) is 7.85. The predicted octanol–water partition coefficient (Wildman–Crippen LogP) is 5.14. The van der Waals surface area contributed by atoms with Gasteiger partial charge in [0, 0.05) is 24.2 Å². The van der Waals surface area contributed by atoms with Crippen LogP contribution >= 0.6 is 0 Å². The number of alkyl halides is 3. The Balaban J connectivity index is 1.68. The van der Waals surface area contributed by atoms with Crippen molar-refractivity contribution < 1.29 is 18.0 Å². The van der Waals surface area contributed by atoms with Crippen molar-refractivity contribution in [2.45, 2.75) is 44.4 Å². The molecular weight excluding hydrogens is 403 g/mol. The van der Waals surface area contributed by atoms with Crippen LogP contribution in [0, 0.1) is 0 Å². The summed E-state index contributed by atoms with van der Waals surface area (Å²) in [7, 11) is 0. The first kappa shape index (κ1) is 21.3. The molecule has 0 radical (unpaired) electrons. The molecular formula is C24H24F3N3O. The average Bonchev–Trinajstić information content (AvgIpc) is 2.78. The Kier molecular flexibility index (Phi) is 6.23. The summed E-state index contributed by atoms with van der Waals surface area (Å²) in [5.74, 6) is -1.83. The molecule has 7 heteroatoms. The number of para-hydroxylation sites is 1. The number of halogens is 3. The number of piperidine rings is 1. The van der Waals surface area contributed by atoms with Crippen LogP contribution in [0.15, 0.2) is 66.9 Å². The van der Waals surface area contributed by atoms with Crippen LogP contribution in [0.4, 0.5) is 13.2 Å². The molecule has 1 saturated heterocycles. The van der Waals surface area contributed by atoms with Crippen LogP contribution in [0.5, 0.6) is 0 Å². The minimum absolute atomic E-state index is 0.146. The number of aromatic nitrogens is 1. The van der Waals surface area contributed by atoms with Gasteiger partial charge in [0.25, 0.3) is 0 Å². The van der Waals surface area contributed by atoms with Crippen LogP contribution in [-0.4, -0.2) is 39.7 Å². The molecule has 1 aliphatic heterocycles. The van der Waals surface area contributed by atoms with E-state index in [-0.39, 0.29) is 12.6 Å². The number of benzene rings is 2. The second-order valence-corrected chi connectivity index (χ2v) is 7.85. The molecule has 162 valence electrons. The number of amides is 1. The molecule has 0 N–H and O–H groups in total. The second kappa shape index (κ2) is 9.06. The highest BCUT2D eigenvalue weighted by atomic mass is 19.4. The predicted molar refractivity (Wildman–Crippen MR) is 113 cm³/mol. The van der Waals surface area contributed by atoms with Crippen LogP contribution in [0.25, 0.3) is 10.9 Å². The quantitative estimate of drug-likeness (QED) is 0.566. The number of hydrogen-bond acceptors (Lipinski definition) is 3. The number of pyridine rings is 1. The lowest BCUT2D eigenvalue weighted by molar-refractivity contribution is -0.209. The number of hydrogen-bond donors (Lipinski definition) is 0. The lowest BCUT2D eigenvalue weighted by atomic mass is 9.97. The molecule has 4 nitrogen and oxygen atoms in total. The minimum atomic E-state index is -4.95. The first-order valence-corrected chi connectivity index (χ1v) is 10.5. The maximum absolute atomic E-state index is 13.6. The fourth-order valence-corrected chi connectivity index (χ4v) is 4.28. The van der Waals surface area contributed by atoms with Gasteiger partial charge in [-0.25, -0.2) is 5.01 Å². The largest absolute Gasteiger partial charge is 0.472 e. The fraction of sp³-hybridized carbons (Fsp3) is 0.333. The van der Waals surface area contributed by atoms with Crippen molar-refractivity contribution in [3.05, 3.63) is 78.0 Å². The van der Waals surface area contributed by atoms with Gasteiger partial charge >= 0.3 is 12.1 Å². The third-order valence-corrected chi connectivity index (χ3v) is 5.76. The Morgan fingerprint density at radius 2 is 1.77 bits per heavy atom. The number of fused-ring (bicyclic) bond motifs is 1. The molecule has 1 fully saturated rings. The molecule has 0 aliphatic carbocycles. The number of carbonyl (C=O) groups is 1. The van der Waals surface area contributed by atoms with Crippen molar-refractivity contribution in [2.75, 3.05) is 6.54 Å². The van der Waals surface area contributed by atoms with Crippen LogP contribution in [-0.2, 0) is 17.8 Å². The van der Waals surface area contributed by atoms with E-state index in [0.29, 0.717) is 24.0 Å². The summed E-state index contributed by atoms with van der Waals surface area (Å²) in [6, 6.07) is 18.5. The maximum Gasteiger partial charge on any atom is 0.472 e. The highest BCUT2D eigenvalue weighted by Crippen LogP contribution is 2.29. The van der Waals surface area contributed by atoms with E-state index in [2.05, 4.69) is 4.98 Å². The number of rotatable bonds is 5. The van der Waals surface area contributed by atoms with Gasteiger partial charge in [-0.15, -0.1) is 0 Å². The van der Waals surface area contributed by atoms with Crippen molar-refractivity contribution in [1.82, 2.24) is 15.0 Å². The Labute approximate surface area is 179 Å². The Morgan fingerprint density at radius 1 is 1.03 bits per heavy atom. The van der Waals surface area contributed by atoms with Crippen molar-refractivity contribution in [3.63, 3.8) is 0 Å². The minimum Gasteiger partial charge on any atom is -0.263 e. The Bertz CT molecular complexity index is 1030. The van der Waals surface area contributed by atoms with E-state index in [0.717, 1.165) is 35.2 Å². The molecule has 1 atom stereocenters. The van der Waals surface area contributed by atoms with E-state index in [4.69, 9.17) is 0 Å². The molecule has 1 aliphatic rings. The van der Waals surface area contributed by atoms with Crippen LogP contribution in [0.2, 0.25) is 0 Å². The summed E-state index contributed by atoms with van der Waals surface area (Å²) in [6.45, 7) is 0.273. The van der Waals surface area contributed by atoms with E-state index in [1.807, 2.05) is 54.6 Å². The summed E-state index contributed by atoms with van der Waals surface area (Å²) >= 11 is 0. The van der Waals surface area contributed by atoms with Gasteiger partial charge in [0.2, 0.25) is 0 Å². The summed E-state index contributed by atoms with van der Waals surface area (Å²) in [4.78, 5) is 16.8. The summed E-state index contributed by atoms with van der Waals surface area (Å²) in [6.07, 6.45) is -0.347. The van der Waals surface area contributed by atoms with Gasteiger partial charge in [0.1, 0.15) is 0 Å². The molecule has 0 spiro atoms. The highest BCUT2D eigenvalue weighted by molar-refractivity contribution is 5.84. The molecule has 0 bridgehead atoms. The molecule has 31 heavy (non-hydrogen) atoms. The van der Waals surface area contributed by atoms with Gasteiger partial charge < -0.3 is 0 Å². The van der Waals surface area contributed by atoms with Gasteiger partial charge in [0.15, 0.2) is 0 Å².